The van der Waals surface area contributed by atoms with Crippen LogP contribution in [0.5, 0.6) is 0 Å². The molecule has 0 saturated carbocycles. The van der Waals surface area contributed by atoms with Gasteiger partial charge in [-0.05, 0) is 26.2 Å². The molecule has 0 N–H and O–H groups in total. The number of carbonyl (C=O) groups excluding carboxylic acids is 1. The SMILES string of the molecule is CC(C#N)C(=O)N1CCCCC1C(F)F. The fraction of sp³-hybridized carbons (Fsp3) is 0.800. The fourth-order valence-electron chi connectivity index (χ4n) is 1.80. The molecule has 1 aliphatic rings. The molecule has 1 aliphatic heterocycles. The number of hydrogen-bond acceptors (Lipinski definition) is 2. The predicted octanol–water partition coefficient (Wildman–Crippen LogP) is 1.79. The van der Waals surface area contributed by atoms with E-state index in [4.69, 9.17) is 5.26 Å². The van der Waals surface area contributed by atoms with Gasteiger partial charge in [-0.3, -0.25) is 4.79 Å². The highest BCUT2D eigenvalue weighted by Crippen LogP contribution is 2.23. The summed E-state index contributed by atoms with van der Waals surface area (Å²) < 4.78 is 25.2. The quantitative estimate of drug-likeness (QED) is 0.706. The van der Waals surface area contributed by atoms with Crippen LogP contribution in [0.3, 0.4) is 0 Å². The van der Waals surface area contributed by atoms with E-state index < -0.39 is 24.3 Å². The van der Waals surface area contributed by atoms with E-state index in [2.05, 4.69) is 0 Å². The lowest BCUT2D eigenvalue weighted by Crippen LogP contribution is -2.49. The summed E-state index contributed by atoms with van der Waals surface area (Å²) in [4.78, 5) is 12.8. The fourth-order valence-corrected chi connectivity index (χ4v) is 1.80. The zero-order valence-electron chi connectivity index (χ0n) is 8.62. The number of rotatable bonds is 2. The molecule has 0 bridgehead atoms. The van der Waals surface area contributed by atoms with Gasteiger partial charge in [-0.1, -0.05) is 0 Å². The van der Waals surface area contributed by atoms with Gasteiger partial charge in [-0.25, -0.2) is 8.78 Å². The molecule has 0 aromatic heterocycles. The molecule has 0 aromatic rings. The third kappa shape index (κ3) is 2.65. The third-order valence-electron chi connectivity index (χ3n) is 2.69. The summed E-state index contributed by atoms with van der Waals surface area (Å²) in [5.74, 6) is -1.30. The average Bonchev–Trinajstić information content (AvgIpc) is 2.27. The van der Waals surface area contributed by atoms with Crippen molar-refractivity contribution < 1.29 is 13.6 Å². The first-order valence-corrected chi connectivity index (χ1v) is 5.06. The number of piperidine rings is 1. The Balaban J connectivity index is 2.72. The molecule has 1 fully saturated rings. The summed E-state index contributed by atoms with van der Waals surface area (Å²) in [5.41, 5.74) is 0. The van der Waals surface area contributed by atoms with Crippen LogP contribution < -0.4 is 0 Å². The van der Waals surface area contributed by atoms with E-state index >= 15 is 0 Å². The van der Waals surface area contributed by atoms with Gasteiger partial charge in [0.25, 0.3) is 6.43 Å². The van der Waals surface area contributed by atoms with E-state index in [1.807, 2.05) is 0 Å². The number of carbonyl (C=O) groups is 1. The summed E-state index contributed by atoms with van der Waals surface area (Å²) >= 11 is 0. The van der Waals surface area contributed by atoms with Gasteiger partial charge in [0.1, 0.15) is 5.92 Å². The number of alkyl halides is 2. The Hall–Kier alpha value is -1.18. The Kier molecular flexibility index (Phi) is 4.01. The lowest BCUT2D eigenvalue weighted by molar-refractivity contribution is -0.141. The first kappa shape index (κ1) is 11.9. The normalized spacial score (nSPS) is 23.7. The number of hydrogen-bond donors (Lipinski definition) is 0. The minimum Gasteiger partial charge on any atom is -0.333 e. The Morgan fingerprint density at radius 1 is 1.53 bits per heavy atom. The van der Waals surface area contributed by atoms with Crippen LogP contribution in [0.2, 0.25) is 0 Å². The molecule has 5 heteroatoms. The molecule has 3 nitrogen and oxygen atoms in total. The van der Waals surface area contributed by atoms with Crippen molar-refractivity contribution in [3.8, 4) is 6.07 Å². The van der Waals surface area contributed by atoms with Gasteiger partial charge in [-0.2, -0.15) is 5.26 Å². The van der Waals surface area contributed by atoms with Crippen molar-refractivity contribution in [1.82, 2.24) is 4.90 Å². The smallest absolute Gasteiger partial charge is 0.258 e. The van der Waals surface area contributed by atoms with Gasteiger partial charge in [0.15, 0.2) is 0 Å². The van der Waals surface area contributed by atoms with Crippen LogP contribution >= 0.6 is 0 Å². The maximum atomic E-state index is 12.6. The van der Waals surface area contributed by atoms with Crippen LogP contribution in [0.1, 0.15) is 26.2 Å². The van der Waals surface area contributed by atoms with Crippen molar-refractivity contribution in [2.45, 2.75) is 38.7 Å². The minimum atomic E-state index is -2.51. The molecule has 1 rings (SSSR count). The van der Waals surface area contributed by atoms with E-state index in [0.29, 0.717) is 13.0 Å². The largest absolute Gasteiger partial charge is 0.333 e. The molecule has 2 atom stereocenters. The van der Waals surface area contributed by atoms with E-state index in [1.165, 1.54) is 11.8 Å². The number of halogens is 2. The second-order valence-electron chi connectivity index (χ2n) is 3.78. The van der Waals surface area contributed by atoms with Crippen molar-refractivity contribution in [2.75, 3.05) is 6.54 Å². The molecule has 0 radical (unpaired) electrons. The molecule has 1 saturated heterocycles. The number of nitrogens with zero attached hydrogens (tertiary/aromatic N) is 2. The van der Waals surface area contributed by atoms with Crippen LogP contribution in [0, 0.1) is 17.2 Å². The second kappa shape index (κ2) is 5.06. The second-order valence-corrected chi connectivity index (χ2v) is 3.78. The number of nitriles is 1. The Bertz CT molecular complexity index is 275. The molecule has 0 spiro atoms. The summed E-state index contributed by atoms with van der Waals surface area (Å²) in [7, 11) is 0. The van der Waals surface area contributed by atoms with Gasteiger partial charge in [-0.15, -0.1) is 0 Å². The topological polar surface area (TPSA) is 44.1 Å². The summed E-state index contributed by atoms with van der Waals surface area (Å²) in [5, 5.41) is 8.58. The van der Waals surface area contributed by atoms with Gasteiger partial charge in [0.05, 0.1) is 12.1 Å². The molecule has 84 valence electrons. The van der Waals surface area contributed by atoms with Gasteiger partial charge in [0, 0.05) is 6.54 Å². The van der Waals surface area contributed by atoms with Crippen LogP contribution in [-0.4, -0.2) is 29.8 Å². The van der Waals surface area contributed by atoms with E-state index in [0.717, 1.165) is 12.8 Å². The zero-order valence-corrected chi connectivity index (χ0v) is 8.62. The highest BCUT2D eigenvalue weighted by atomic mass is 19.3. The lowest BCUT2D eigenvalue weighted by atomic mass is 10.0. The molecular weight excluding hydrogens is 202 g/mol. The van der Waals surface area contributed by atoms with E-state index in [9.17, 15) is 13.6 Å². The van der Waals surface area contributed by atoms with Crippen molar-refractivity contribution in [3.63, 3.8) is 0 Å². The van der Waals surface area contributed by atoms with E-state index in [1.54, 1.807) is 6.07 Å². The Labute approximate surface area is 87.7 Å². The standard InChI is InChI=1S/C10H14F2N2O/c1-7(6-13)10(15)14-5-3-2-4-8(14)9(11)12/h7-9H,2-5H2,1H3. The van der Waals surface area contributed by atoms with Crippen molar-refractivity contribution in [3.05, 3.63) is 0 Å². The lowest BCUT2D eigenvalue weighted by Gasteiger charge is -2.35. The third-order valence-corrected chi connectivity index (χ3v) is 2.69. The predicted molar refractivity (Wildman–Crippen MR) is 50.1 cm³/mol. The van der Waals surface area contributed by atoms with Crippen LogP contribution in [0.4, 0.5) is 8.78 Å². The molecule has 2 unspecified atom stereocenters. The number of amides is 1. The molecule has 15 heavy (non-hydrogen) atoms. The first-order chi connectivity index (χ1) is 7.07. The molecular formula is C10H14F2N2O. The molecule has 0 aliphatic carbocycles. The molecule has 1 heterocycles. The van der Waals surface area contributed by atoms with Gasteiger partial charge < -0.3 is 4.90 Å². The highest BCUT2D eigenvalue weighted by molar-refractivity contribution is 5.81. The Morgan fingerprint density at radius 3 is 2.73 bits per heavy atom. The maximum Gasteiger partial charge on any atom is 0.258 e. The van der Waals surface area contributed by atoms with Crippen LogP contribution in [0.25, 0.3) is 0 Å². The molecule has 1 amide bonds. The van der Waals surface area contributed by atoms with Gasteiger partial charge >= 0.3 is 0 Å². The zero-order chi connectivity index (χ0) is 11.4. The van der Waals surface area contributed by atoms with Gasteiger partial charge in [0.2, 0.25) is 5.91 Å². The maximum absolute atomic E-state index is 12.6. The number of likely N-dealkylation sites (tertiary alicyclic amines) is 1. The minimum absolute atomic E-state index is 0.335. The first-order valence-electron chi connectivity index (χ1n) is 5.06. The van der Waals surface area contributed by atoms with E-state index in [-0.39, 0.29) is 0 Å². The van der Waals surface area contributed by atoms with Crippen LogP contribution in [-0.2, 0) is 4.79 Å². The monoisotopic (exact) mass is 216 g/mol. The van der Waals surface area contributed by atoms with Crippen molar-refractivity contribution in [2.24, 2.45) is 5.92 Å². The van der Waals surface area contributed by atoms with Crippen molar-refractivity contribution in [1.29, 1.82) is 5.26 Å². The van der Waals surface area contributed by atoms with Crippen LogP contribution in [0.15, 0.2) is 0 Å². The summed E-state index contributed by atoms with van der Waals surface area (Å²) in [6.45, 7) is 1.79. The highest BCUT2D eigenvalue weighted by Gasteiger charge is 2.34. The molecule has 0 aromatic carbocycles. The Morgan fingerprint density at radius 2 is 2.20 bits per heavy atom. The van der Waals surface area contributed by atoms with Crippen molar-refractivity contribution >= 4 is 5.91 Å². The summed E-state index contributed by atoms with van der Waals surface area (Å²) in [6, 6.07) is 0.787. The summed E-state index contributed by atoms with van der Waals surface area (Å²) in [6.07, 6.45) is -0.714. The average molecular weight is 216 g/mol.